The van der Waals surface area contributed by atoms with Crippen LogP contribution >= 0.6 is 11.6 Å². The summed E-state index contributed by atoms with van der Waals surface area (Å²) in [5.41, 5.74) is 1.63. The average Bonchev–Trinajstić information content (AvgIpc) is 2.37. The molecule has 6 heteroatoms. The van der Waals surface area contributed by atoms with E-state index >= 15 is 0 Å². The lowest BCUT2D eigenvalue weighted by Crippen LogP contribution is -2.13. The highest BCUT2D eigenvalue weighted by atomic mass is 35.5. The van der Waals surface area contributed by atoms with Gasteiger partial charge in [0.2, 0.25) is 0 Å². The Labute approximate surface area is 128 Å². The number of hydrogen-bond acceptors (Lipinski definition) is 3. The molecule has 0 aromatic heterocycles. The maximum Gasteiger partial charge on any atom is 0.263 e. The number of aryl methyl sites for hydroxylation is 1. The van der Waals surface area contributed by atoms with Gasteiger partial charge in [0, 0.05) is 11.3 Å². The van der Waals surface area contributed by atoms with Crippen molar-refractivity contribution in [3.8, 4) is 0 Å². The molecule has 0 aliphatic rings. The lowest BCUT2D eigenvalue weighted by molar-refractivity contribution is 0.101. The van der Waals surface area contributed by atoms with Gasteiger partial charge in [-0.05, 0) is 43.7 Å². The lowest BCUT2D eigenvalue weighted by Gasteiger charge is -2.10. The molecule has 0 aliphatic heterocycles. The Morgan fingerprint density at radius 3 is 2.48 bits per heavy atom. The molecular weight excluding hydrogens is 310 g/mol. The maximum absolute atomic E-state index is 12.3. The molecule has 0 amide bonds. The molecule has 0 aliphatic carbocycles. The number of anilines is 1. The second-order valence-corrected chi connectivity index (χ2v) is 6.73. The monoisotopic (exact) mass is 323 g/mol. The summed E-state index contributed by atoms with van der Waals surface area (Å²) in [4.78, 5) is 11.3. The number of ketones is 1. The Kier molecular flexibility index (Phi) is 4.34. The molecule has 2 aromatic rings. The van der Waals surface area contributed by atoms with Crippen molar-refractivity contribution in [2.24, 2.45) is 0 Å². The van der Waals surface area contributed by atoms with Crippen molar-refractivity contribution in [3.63, 3.8) is 0 Å². The number of halogens is 1. The van der Waals surface area contributed by atoms with E-state index in [4.69, 9.17) is 11.6 Å². The van der Waals surface area contributed by atoms with Crippen LogP contribution in [0.1, 0.15) is 22.8 Å². The zero-order valence-electron chi connectivity index (χ0n) is 11.6. The van der Waals surface area contributed by atoms with Crippen LogP contribution in [-0.2, 0) is 10.0 Å². The third-order valence-electron chi connectivity index (χ3n) is 2.90. The van der Waals surface area contributed by atoms with Gasteiger partial charge in [-0.3, -0.25) is 9.52 Å². The van der Waals surface area contributed by atoms with Crippen LogP contribution in [0.15, 0.2) is 47.4 Å². The molecule has 2 rings (SSSR count). The molecule has 0 saturated carbocycles. The van der Waals surface area contributed by atoms with Gasteiger partial charge < -0.3 is 0 Å². The number of carbonyl (C=O) groups excluding carboxylic acids is 1. The van der Waals surface area contributed by atoms with Crippen molar-refractivity contribution < 1.29 is 13.2 Å². The topological polar surface area (TPSA) is 63.2 Å². The minimum absolute atomic E-state index is 0.00277. The van der Waals surface area contributed by atoms with Crippen LogP contribution in [0.25, 0.3) is 0 Å². The third kappa shape index (κ3) is 3.62. The van der Waals surface area contributed by atoms with Crippen molar-refractivity contribution in [3.05, 3.63) is 58.6 Å². The van der Waals surface area contributed by atoms with E-state index in [1.54, 1.807) is 30.3 Å². The molecule has 110 valence electrons. The molecule has 0 atom stereocenters. The second kappa shape index (κ2) is 5.87. The Balaban J connectivity index is 2.37. The summed E-state index contributed by atoms with van der Waals surface area (Å²) < 4.78 is 27.1. The van der Waals surface area contributed by atoms with Crippen molar-refractivity contribution in [2.45, 2.75) is 18.7 Å². The van der Waals surface area contributed by atoms with Crippen LogP contribution in [0.5, 0.6) is 0 Å². The Bertz CT molecular complexity index is 800. The van der Waals surface area contributed by atoms with Gasteiger partial charge in [-0.2, -0.15) is 0 Å². The predicted molar refractivity (Wildman–Crippen MR) is 83.4 cm³/mol. The summed E-state index contributed by atoms with van der Waals surface area (Å²) in [5, 5.41) is 0.158. The van der Waals surface area contributed by atoms with E-state index in [-0.39, 0.29) is 15.7 Å². The normalized spacial score (nSPS) is 11.2. The first kappa shape index (κ1) is 15.5. The Hall–Kier alpha value is -1.85. The van der Waals surface area contributed by atoms with Crippen molar-refractivity contribution in [2.75, 3.05) is 4.72 Å². The van der Waals surface area contributed by atoms with Gasteiger partial charge in [-0.1, -0.05) is 29.8 Å². The standard InChI is InChI=1S/C15H14ClNO3S/c1-10-6-7-15(14(16)8-10)21(19,20)17-13-5-3-4-12(9-13)11(2)18/h3-9,17H,1-2H3. The van der Waals surface area contributed by atoms with Crippen molar-refractivity contribution in [1.29, 1.82) is 0 Å². The van der Waals surface area contributed by atoms with E-state index in [0.717, 1.165) is 5.56 Å². The van der Waals surface area contributed by atoms with Crippen LogP contribution in [0.4, 0.5) is 5.69 Å². The number of sulfonamides is 1. The highest BCUT2D eigenvalue weighted by Gasteiger charge is 2.18. The molecule has 2 aromatic carbocycles. The van der Waals surface area contributed by atoms with Gasteiger partial charge in [-0.25, -0.2) is 8.42 Å². The maximum atomic E-state index is 12.3. The number of rotatable bonds is 4. The van der Waals surface area contributed by atoms with Crippen molar-refractivity contribution in [1.82, 2.24) is 0 Å². The van der Waals surface area contributed by atoms with Gasteiger partial charge in [0.05, 0.1) is 5.02 Å². The fourth-order valence-electron chi connectivity index (χ4n) is 1.84. The molecule has 21 heavy (non-hydrogen) atoms. The summed E-state index contributed by atoms with van der Waals surface area (Å²) in [5.74, 6) is -0.135. The third-order valence-corrected chi connectivity index (χ3v) is 4.76. The second-order valence-electron chi connectivity index (χ2n) is 4.68. The zero-order chi connectivity index (χ0) is 15.6. The molecule has 0 bridgehead atoms. The molecule has 0 fully saturated rings. The number of carbonyl (C=O) groups is 1. The molecule has 0 heterocycles. The zero-order valence-corrected chi connectivity index (χ0v) is 13.1. The van der Waals surface area contributed by atoms with E-state index in [1.807, 2.05) is 6.92 Å². The SMILES string of the molecule is CC(=O)c1cccc(NS(=O)(=O)c2ccc(C)cc2Cl)c1. The van der Waals surface area contributed by atoms with Gasteiger partial charge in [-0.15, -0.1) is 0 Å². The quantitative estimate of drug-likeness (QED) is 0.873. The Morgan fingerprint density at radius 2 is 1.86 bits per heavy atom. The van der Waals surface area contributed by atoms with E-state index in [1.165, 1.54) is 19.1 Å². The molecule has 0 spiro atoms. The van der Waals surface area contributed by atoms with E-state index < -0.39 is 10.0 Å². The number of Topliss-reactive ketones (excluding diaryl/α,β-unsaturated/α-hetero) is 1. The summed E-state index contributed by atoms with van der Waals surface area (Å²) >= 11 is 5.99. The molecule has 4 nitrogen and oxygen atoms in total. The van der Waals surface area contributed by atoms with Crippen molar-refractivity contribution >= 4 is 33.1 Å². The molecule has 0 saturated heterocycles. The predicted octanol–water partition coefficient (Wildman–Crippen LogP) is 3.65. The first-order chi connectivity index (χ1) is 9.79. The summed E-state index contributed by atoms with van der Waals surface area (Å²) in [6.45, 7) is 3.25. The average molecular weight is 324 g/mol. The van der Waals surface area contributed by atoms with E-state index in [2.05, 4.69) is 4.72 Å². The van der Waals surface area contributed by atoms with Gasteiger partial charge in [0.25, 0.3) is 10.0 Å². The number of benzene rings is 2. The van der Waals surface area contributed by atoms with Gasteiger partial charge in [0.1, 0.15) is 4.90 Å². The first-order valence-electron chi connectivity index (χ1n) is 6.19. The smallest absolute Gasteiger partial charge is 0.263 e. The summed E-state index contributed by atoms with van der Waals surface area (Å²) in [6, 6.07) is 11.0. The lowest BCUT2D eigenvalue weighted by atomic mass is 10.1. The van der Waals surface area contributed by atoms with Crippen LogP contribution in [-0.4, -0.2) is 14.2 Å². The van der Waals surface area contributed by atoms with Crippen LogP contribution in [0, 0.1) is 6.92 Å². The molecule has 0 unspecified atom stereocenters. The number of nitrogens with one attached hydrogen (secondary N) is 1. The summed E-state index contributed by atoms with van der Waals surface area (Å²) in [6.07, 6.45) is 0. The molecule has 0 radical (unpaired) electrons. The largest absolute Gasteiger partial charge is 0.295 e. The Morgan fingerprint density at radius 1 is 1.14 bits per heavy atom. The minimum Gasteiger partial charge on any atom is -0.295 e. The van der Waals surface area contributed by atoms with E-state index in [0.29, 0.717) is 11.3 Å². The molecule has 1 N–H and O–H groups in total. The highest BCUT2D eigenvalue weighted by molar-refractivity contribution is 7.92. The highest BCUT2D eigenvalue weighted by Crippen LogP contribution is 2.25. The fourth-order valence-corrected chi connectivity index (χ4v) is 3.49. The fraction of sp³-hybridized carbons (Fsp3) is 0.133. The van der Waals surface area contributed by atoms with Crippen LogP contribution < -0.4 is 4.72 Å². The first-order valence-corrected chi connectivity index (χ1v) is 8.06. The van der Waals surface area contributed by atoms with Crippen LogP contribution in [0.2, 0.25) is 5.02 Å². The van der Waals surface area contributed by atoms with Gasteiger partial charge >= 0.3 is 0 Å². The molecular formula is C15H14ClNO3S. The van der Waals surface area contributed by atoms with E-state index in [9.17, 15) is 13.2 Å². The van der Waals surface area contributed by atoms with Crippen LogP contribution in [0.3, 0.4) is 0 Å². The minimum atomic E-state index is -3.80. The van der Waals surface area contributed by atoms with Gasteiger partial charge in [0.15, 0.2) is 5.78 Å². The number of hydrogen-bond donors (Lipinski definition) is 1. The summed E-state index contributed by atoms with van der Waals surface area (Å²) in [7, 11) is -3.80.